The van der Waals surface area contributed by atoms with E-state index >= 15 is 0 Å². The number of aromatic nitrogens is 1. The van der Waals surface area contributed by atoms with Crippen molar-refractivity contribution < 1.29 is 18.3 Å². The van der Waals surface area contributed by atoms with Crippen molar-refractivity contribution in [3.8, 4) is 17.2 Å². The molecule has 2 aromatic carbocycles. The van der Waals surface area contributed by atoms with Gasteiger partial charge in [-0.3, -0.25) is 4.79 Å². The average molecular weight is 323 g/mol. The summed E-state index contributed by atoms with van der Waals surface area (Å²) in [6, 6.07) is 11.6. The lowest BCUT2D eigenvalue weighted by Crippen LogP contribution is -1.99. The van der Waals surface area contributed by atoms with Gasteiger partial charge in [0.2, 0.25) is 5.89 Å². The average Bonchev–Trinajstić information content (AvgIpc) is 3.21. The Balaban J connectivity index is 1.51. The zero-order chi connectivity index (χ0) is 16.5. The van der Waals surface area contributed by atoms with Crippen molar-refractivity contribution in [2.45, 2.75) is 19.4 Å². The predicted octanol–water partition coefficient (Wildman–Crippen LogP) is 4.19. The highest BCUT2D eigenvalue weighted by molar-refractivity contribution is 6.01. The number of hydrogen-bond acceptors (Lipinski definition) is 4. The Labute approximate surface area is 137 Å². The number of carbonyl (C=O) groups excluding carboxylic acids is 1. The number of halogens is 1. The molecule has 0 spiro atoms. The molecule has 0 fully saturated rings. The molecule has 1 aliphatic rings. The van der Waals surface area contributed by atoms with Crippen LogP contribution in [0.15, 0.2) is 53.1 Å². The summed E-state index contributed by atoms with van der Waals surface area (Å²) in [7, 11) is 0. The van der Waals surface area contributed by atoms with E-state index in [0.717, 1.165) is 11.1 Å². The maximum absolute atomic E-state index is 13.3. The summed E-state index contributed by atoms with van der Waals surface area (Å²) in [5, 5.41) is 0. The van der Waals surface area contributed by atoms with Gasteiger partial charge >= 0.3 is 0 Å². The van der Waals surface area contributed by atoms with Crippen LogP contribution in [-0.4, -0.2) is 10.8 Å². The first-order chi connectivity index (χ1) is 11.7. The number of ketones is 1. The minimum absolute atomic E-state index is 0.158. The second-order valence-electron chi connectivity index (χ2n) is 5.65. The molecule has 4 nitrogen and oxygen atoms in total. The van der Waals surface area contributed by atoms with Gasteiger partial charge in [0.15, 0.2) is 5.78 Å². The van der Waals surface area contributed by atoms with Gasteiger partial charge in [0.25, 0.3) is 0 Å². The van der Waals surface area contributed by atoms with E-state index in [4.69, 9.17) is 9.15 Å². The second kappa shape index (κ2) is 5.92. The molecule has 1 aliphatic carbocycles. The van der Waals surface area contributed by atoms with Gasteiger partial charge in [0, 0.05) is 23.1 Å². The smallest absolute Gasteiger partial charge is 0.226 e. The highest BCUT2D eigenvalue weighted by Gasteiger charge is 2.22. The standard InChI is InChI=1S/C19H14FNO3/c20-13-4-1-3-12(9-13)19-21-14(11-24-19)10-23-18-6-2-5-15-16(18)7-8-17(15)22/h1-6,9,11H,7-8,10H2. The van der Waals surface area contributed by atoms with Gasteiger partial charge in [-0.25, -0.2) is 9.37 Å². The van der Waals surface area contributed by atoms with E-state index in [0.29, 0.717) is 35.7 Å². The number of benzene rings is 2. The van der Waals surface area contributed by atoms with E-state index in [2.05, 4.69) is 4.98 Å². The van der Waals surface area contributed by atoms with Crippen LogP contribution >= 0.6 is 0 Å². The third-order valence-electron chi connectivity index (χ3n) is 4.03. The van der Waals surface area contributed by atoms with Crippen molar-refractivity contribution in [2.24, 2.45) is 0 Å². The molecule has 24 heavy (non-hydrogen) atoms. The Kier molecular flexibility index (Phi) is 3.61. The maximum atomic E-state index is 13.3. The summed E-state index contributed by atoms with van der Waals surface area (Å²) in [4.78, 5) is 16.1. The topological polar surface area (TPSA) is 52.3 Å². The Morgan fingerprint density at radius 3 is 2.92 bits per heavy atom. The Morgan fingerprint density at radius 1 is 1.17 bits per heavy atom. The number of ether oxygens (including phenoxy) is 1. The number of Topliss-reactive ketones (excluding diaryl/α,β-unsaturated/α-hetero) is 1. The molecule has 0 saturated carbocycles. The molecule has 0 amide bonds. The highest BCUT2D eigenvalue weighted by atomic mass is 19.1. The molecule has 0 radical (unpaired) electrons. The van der Waals surface area contributed by atoms with Crippen molar-refractivity contribution in [1.82, 2.24) is 4.98 Å². The quantitative estimate of drug-likeness (QED) is 0.722. The largest absolute Gasteiger partial charge is 0.487 e. The fourth-order valence-electron chi connectivity index (χ4n) is 2.87. The van der Waals surface area contributed by atoms with Gasteiger partial charge in [-0.15, -0.1) is 0 Å². The monoisotopic (exact) mass is 323 g/mol. The zero-order valence-corrected chi connectivity index (χ0v) is 12.8. The van der Waals surface area contributed by atoms with Crippen LogP contribution < -0.4 is 4.74 Å². The van der Waals surface area contributed by atoms with Gasteiger partial charge in [-0.1, -0.05) is 18.2 Å². The number of hydrogen-bond donors (Lipinski definition) is 0. The number of fused-ring (bicyclic) bond motifs is 1. The van der Waals surface area contributed by atoms with Crippen LogP contribution in [0.25, 0.3) is 11.5 Å². The fourth-order valence-corrected chi connectivity index (χ4v) is 2.87. The van der Waals surface area contributed by atoms with Crippen LogP contribution in [-0.2, 0) is 13.0 Å². The first-order valence-electron chi connectivity index (χ1n) is 7.69. The molecule has 0 aliphatic heterocycles. The van der Waals surface area contributed by atoms with Crippen LogP contribution in [0.5, 0.6) is 5.75 Å². The lowest BCUT2D eigenvalue weighted by atomic mass is 10.1. The molecule has 0 saturated heterocycles. The first kappa shape index (κ1) is 14.6. The minimum atomic E-state index is -0.340. The molecule has 1 heterocycles. The summed E-state index contributed by atoms with van der Waals surface area (Å²) < 4.78 is 24.5. The van der Waals surface area contributed by atoms with E-state index in [-0.39, 0.29) is 18.2 Å². The fraction of sp³-hybridized carbons (Fsp3) is 0.158. The van der Waals surface area contributed by atoms with Gasteiger partial charge in [0.1, 0.15) is 30.1 Å². The highest BCUT2D eigenvalue weighted by Crippen LogP contribution is 2.31. The molecule has 4 rings (SSSR count). The third kappa shape index (κ3) is 2.69. The van der Waals surface area contributed by atoms with E-state index in [1.807, 2.05) is 18.2 Å². The van der Waals surface area contributed by atoms with Crippen LogP contribution in [0.3, 0.4) is 0 Å². The van der Waals surface area contributed by atoms with Crippen LogP contribution in [0, 0.1) is 5.82 Å². The van der Waals surface area contributed by atoms with Crippen molar-refractivity contribution in [3.05, 3.63) is 71.4 Å². The Hall–Kier alpha value is -2.95. The summed E-state index contributed by atoms with van der Waals surface area (Å²) in [6.45, 7) is 0.226. The van der Waals surface area contributed by atoms with Crippen LogP contribution in [0.4, 0.5) is 4.39 Å². The number of oxazole rings is 1. The molecular formula is C19H14FNO3. The van der Waals surface area contributed by atoms with Crippen molar-refractivity contribution in [3.63, 3.8) is 0 Å². The van der Waals surface area contributed by atoms with Crippen molar-refractivity contribution >= 4 is 5.78 Å². The molecule has 1 aromatic heterocycles. The molecule has 0 atom stereocenters. The summed E-state index contributed by atoms with van der Waals surface area (Å²) in [6.07, 6.45) is 2.73. The molecule has 0 N–H and O–H groups in total. The maximum Gasteiger partial charge on any atom is 0.226 e. The zero-order valence-electron chi connectivity index (χ0n) is 12.8. The molecule has 120 valence electrons. The number of rotatable bonds is 4. The third-order valence-corrected chi connectivity index (χ3v) is 4.03. The van der Waals surface area contributed by atoms with Crippen LogP contribution in [0.2, 0.25) is 0 Å². The van der Waals surface area contributed by atoms with E-state index in [9.17, 15) is 9.18 Å². The molecule has 5 heteroatoms. The normalized spacial score (nSPS) is 13.1. The van der Waals surface area contributed by atoms with Gasteiger partial charge in [-0.2, -0.15) is 0 Å². The number of nitrogens with zero attached hydrogens (tertiary/aromatic N) is 1. The van der Waals surface area contributed by atoms with Crippen molar-refractivity contribution in [2.75, 3.05) is 0 Å². The lowest BCUT2D eigenvalue weighted by Gasteiger charge is -2.08. The van der Waals surface area contributed by atoms with Crippen LogP contribution in [0.1, 0.15) is 28.0 Å². The summed E-state index contributed by atoms with van der Waals surface area (Å²) in [5.74, 6) is 0.869. The lowest BCUT2D eigenvalue weighted by molar-refractivity contribution is 0.0994. The molecule has 3 aromatic rings. The Bertz CT molecular complexity index is 916. The Morgan fingerprint density at radius 2 is 2.04 bits per heavy atom. The minimum Gasteiger partial charge on any atom is -0.487 e. The van der Waals surface area contributed by atoms with Gasteiger partial charge in [0.05, 0.1) is 0 Å². The summed E-state index contributed by atoms with van der Waals surface area (Å²) in [5.41, 5.74) is 2.88. The van der Waals surface area contributed by atoms with E-state index < -0.39 is 0 Å². The molecule has 0 unspecified atom stereocenters. The molecular weight excluding hydrogens is 309 g/mol. The molecule has 0 bridgehead atoms. The number of carbonyl (C=O) groups is 1. The van der Waals surface area contributed by atoms with Gasteiger partial charge < -0.3 is 9.15 Å². The predicted molar refractivity (Wildman–Crippen MR) is 85.3 cm³/mol. The van der Waals surface area contributed by atoms with E-state index in [1.165, 1.54) is 18.4 Å². The van der Waals surface area contributed by atoms with E-state index in [1.54, 1.807) is 12.1 Å². The van der Waals surface area contributed by atoms with Gasteiger partial charge in [-0.05, 0) is 30.7 Å². The SMILES string of the molecule is O=C1CCc2c(OCc3coc(-c4cccc(F)c4)n3)cccc21. The first-order valence-corrected chi connectivity index (χ1v) is 7.69. The summed E-state index contributed by atoms with van der Waals surface area (Å²) >= 11 is 0. The van der Waals surface area contributed by atoms with Crippen molar-refractivity contribution in [1.29, 1.82) is 0 Å². The second-order valence-corrected chi connectivity index (χ2v) is 5.65.